The van der Waals surface area contributed by atoms with Crippen molar-refractivity contribution in [2.75, 3.05) is 14.2 Å². The maximum Gasteiger partial charge on any atom is 0.262 e. The molecule has 0 spiro atoms. The summed E-state index contributed by atoms with van der Waals surface area (Å²) in [5.41, 5.74) is 6.99. The van der Waals surface area contributed by atoms with Gasteiger partial charge >= 0.3 is 0 Å². The van der Waals surface area contributed by atoms with E-state index in [9.17, 15) is 4.79 Å². The second-order valence-corrected chi connectivity index (χ2v) is 8.32. The van der Waals surface area contributed by atoms with E-state index in [2.05, 4.69) is 24.3 Å². The predicted molar refractivity (Wildman–Crippen MR) is 140 cm³/mol. The number of Topliss-reactive ketones (excluding diaryl/α,β-unsaturated/α-hetero) is 1. The van der Waals surface area contributed by atoms with Crippen LogP contribution in [-0.2, 0) is 14.3 Å². The molecular formula is C32H26O3. The summed E-state index contributed by atoms with van der Waals surface area (Å²) in [5.74, 6) is -1.69. The van der Waals surface area contributed by atoms with Crippen LogP contribution in [0.3, 0.4) is 0 Å². The van der Waals surface area contributed by atoms with E-state index >= 15 is 0 Å². The van der Waals surface area contributed by atoms with Gasteiger partial charge in [0.1, 0.15) is 0 Å². The molecule has 3 nitrogen and oxygen atoms in total. The first kappa shape index (κ1) is 22.7. The van der Waals surface area contributed by atoms with E-state index in [0.29, 0.717) is 5.57 Å². The monoisotopic (exact) mass is 458 g/mol. The number of ketones is 1. The molecule has 1 saturated carbocycles. The van der Waals surface area contributed by atoms with Gasteiger partial charge in [-0.15, -0.1) is 0 Å². The van der Waals surface area contributed by atoms with Gasteiger partial charge in [-0.05, 0) is 27.8 Å². The van der Waals surface area contributed by atoms with Crippen molar-refractivity contribution in [2.24, 2.45) is 0 Å². The minimum atomic E-state index is -1.49. The standard InChI is InChI=1S/C32H26O3/c1-34-32(35-2)30(28(25-19-11-5-12-20-25)26-21-13-6-14-22-26)29(31(32)33)27(23-15-7-3-8-16-23)24-17-9-4-10-18-24/h3-22H,1-2H3. The van der Waals surface area contributed by atoms with Gasteiger partial charge in [0.25, 0.3) is 5.79 Å². The van der Waals surface area contributed by atoms with Crippen molar-refractivity contribution in [2.45, 2.75) is 5.79 Å². The molecule has 0 heterocycles. The average Bonchev–Trinajstić information content (AvgIpc) is 2.94. The molecule has 35 heavy (non-hydrogen) atoms. The van der Waals surface area contributed by atoms with Gasteiger partial charge in [-0.25, -0.2) is 0 Å². The summed E-state index contributed by atoms with van der Waals surface area (Å²) in [6, 6.07) is 40.2. The summed E-state index contributed by atoms with van der Waals surface area (Å²) >= 11 is 0. The van der Waals surface area contributed by atoms with Crippen LogP contribution >= 0.6 is 0 Å². The average molecular weight is 459 g/mol. The van der Waals surface area contributed by atoms with Crippen molar-refractivity contribution < 1.29 is 14.3 Å². The summed E-state index contributed by atoms with van der Waals surface area (Å²) in [5, 5.41) is 0. The van der Waals surface area contributed by atoms with Gasteiger partial charge in [-0.3, -0.25) is 4.79 Å². The molecule has 0 N–H and O–H groups in total. The lowest BCUT2D eigenvalue weighted by Crippen LogP contribution is -2.56. The molecule has 0 aromatic heterocycles. The third kappa shape index (κ3) is 3.85. The largest absolute Gasteiger partial charge is 0.343 e. The number of carbonyl (C=O) groups excluding carboxylic acids is 1. The molecule has 0 saturated heterocycles. The Morgan fingerprint density at radius 1 is 0.514 bits per heavy atom. The van der Waals surface area contributed by atoms with Crippen LogP contribution in [0.25, 0.3) is 11.1 Å². The van der Waals surface area contributed by atoms with Gasteiger partial charge in [-0.1, -0.05) is 121 Å². The van der Waals surface area contributed by atoms with Crippen LogP contribution in [0.1, 0.15) is 22.3 Å². The van der Waals surface area contributed by atoms with Gasteiger partial charge in [0, 0.05) is 30.9 Å². The zero-order valence-corrected chi connectivity index (χ0v) is 19.8. The second kappa shape index (κ2) is 9.67. The Morgan fingerprint density at radius 3 is 1.14 bits per heavy atom. The highest BCUT2D eigenvalue weighted by molar-refractivity contribution is 6.25. The minimum Gasteiger partial charge on any atom is -0.343 e. The van der Waals surface area contributed by atoms with E-state index in [1.54, 1.807) is 0 Å². The van der Waals surface area contributed by atoms with Crippen molar-refractivity contribution in [3.63, 3.8) is 0 Å². The van der Waals surface area contributed by atoms with Gasteiger partial charge in [0.05, 0.1) is 0 Å². The zero-order chi connectivity index (χ0) is 24.3. The van der Waals surface area contributed by atoms with Crippen LogP contribution in [-0.4, -0.2) is 25.8 Å². The highest BCUT2D eigenvalue weighted by Crippen LogP contribution is 2.52. The molecule has 3 heteroatoms. The third-order valence-electron chi connectivity index (χ3n) is 6.43. The highest BCUT2D eigenvalue weighted by Gasteiger charge is 2.59. The number of methoxy groups -OCH3 is 2. The first-order valence-corrected chi connectivity index (χ1v) is 11.6. The predicted octanol–water partition coefficient (Wildman–Crippen LogP) is 6.56. The quantitative estimate of drug-likeness (QED) is 0.242. The molecule has 1 fully saturated rings. The first-order chi connectivity index (χ1) is 17.2. The van der Waals surface area contributed by atoms with Crippen LogP contribution in [0.15, 0.2) is 132 Å². The van der Waals surface area contributed by atoms with Gasteiger partial charge in [-0.2, -0.15) is 0 Å². The van der Waals surface area contributed by atoms with E-state index < -0.39 is 5.79 Å². The Hall–Kier alpha value is -4.05. The molecule has 0 radical (unpaired) electrons. The van der Waals surface area contributed by atoms with Crippen LogP contribution in [0.4, 0.5) is 0 Å². The topological polar surface area (TPSA) is 35.5 Å². The van der Waals surface area contributed by atoms with E-state index in [-0.39, 0.29) is 5.78 Å². The minimum absolute atomic E-state index is 0.190. The van der Waals surface area contributed by atoms with Crippen LogP contribution in [0, 0.1) is 0 Å². The Kier molecular flexibility index (Phi) is 6.28. The summed E-state index contributed by atoms with van der Waals surface area (Å²) < 4.78 is 11.7. The lowest BCUT2D eigenvalue weighted by molar-refractivity contribution is -0.196. The fourth-order valence-electron chi connectivity index (χ4n) is 4.82. The van der Waals surface area contributed by atoms with E-state index in [1.807, 2.05) is 97.1 Å². The smallest absolute Gasteiger partial charge is 0.262 e. The summed E-state index contributed by atoms with van der Waals surface area (Å²) in [6.07, 6.45) is 0. The molecule has 1 aliphatic carbocycles. The summed E-state index contributed by atoms with van der Waals surface area (Å²) in [4.78, 5) is 14.0. The number of ether oxygens (including phenoxy) is 2. The Bertz CT molecular complexity index is 1300. The number of hydrogen-bond acceptors (Lipinski definition) is 3. The lowest BCUT2D eigenvalue weighted by Gasteiger charge is -2.44. The van der Waals surface area contributed by atoms with E-state index in [1.165, 1.54) is 14.2 Å². The second-order valence-electron chi connectivity index (χ2n) is 8.32. The molecular weight excluding hydrogens is 432 g/mol. The molecule has 0 bridgehead atoms. The van der Waals surface area contributed by atoms with E-state index in [4.69, 9.17) is 9.47 Å². The number of carbonyl (C=O) groups is 1. The molecule has 1 aliphatic rings. The fourth-order valence-corrected chi connectivity index (χ4v) is 4.82. The van der Waals surface area contributed by atoms with Crippen molar-refractivity contribution in [1.82, 2.24) is 0 Å². The molecule has 4 aromatic rings. The van der Waals surface area contributed by atoms with Gasteiger partial charge < -0.3 is 9.47 Å². The van der Waals surface area contributed by atoms with E-state index in [0.717, 1.165) is 39.0 Å². The molecule has 0 aliphatic heterocycles. The van der Waals surface area contributed by atoms with Crippen LogP contribution < -0.4 is 0 Å². The maximum absolute atomic E-state index is 14.0. The molecule has 0 amide bonds. The highest BCUT2D eigenvalue weighted by atomic mass is 16.7. The Morgan fingerprint density at radius 2 is 0.829 bits per heavy atom. The lowest BCUT2D eigenvalue weighted by atomic mass is 9.68. The molecule has 0 unspecified atom stereocenters. The number of rotatable bonds is 6. The molecule has 172 valence electrons. The van der Waals surface area contributed by atoms with Crippen molar-refractivity contribution in [1.29, 1.82) is 0 Å². The Balaban J connectivity index is 1.94. The van der Waals surface area contributed by atoms with Crippen molar-refractivity contribution in [3.05, 3.63) is 155 Å². The zero-order valence-electron chi connectivity index (χ0n) is 19.8. The first-order valence-electron chi connectivity index (χ1n) is 11.6. The number of hydrogen-bond donors (Lipinski definition) is 0. The SMILES string of the molecule is COC1(OC)C(=O)C(=C(c2ccccc2)c2ccccc2)C1=C(c1ccccc1)c1ccccc1. The number of benzene rings is 4. The Labute approximate surface area is 206 Å². The van der Waals surface area contributed by atoms with Crippen LogP contribution in [0.2, 0.25) is 0 Å². The molecule has 0 atom stereocenters. The van der Waals surface area contributed by atoms with Gasteiger partial charge in [0.2, 0.25) is 5.78 Å². The normalized spacial score (nSPS) is 14.4. The molecule has 5 rings (SSSR count). The van der Waals surface area contributed by atoms with Crippen molar-refractivity contribution in [3.8, 4) is 0 Å². The van der Waals surface area contributed by atoms with Gasteiger partial charge in [0.15, 0.2) is 0 Å². The summed E-state index contributed by atoms with van der Waals surface area (Å²) in [7, 11) is 3.05. The maximum atomic E-state index is 14.0. The molecule has 4 aromatic carbocycles. The third-order valence-corrected chi connectivity index (χ3v) is 6.43. The van der Waals surface area contributed by atoms with Crippen molar-refractivity contribution >= 4 is 16.9 Å². The summed E-state index contributed by atoms with van der Waals surface area (Å²) in [6.45, 7) is 0. The fraction of sp³-hybridized carbons (Fsp3) is 0.0938. The van der Waals surface area contributed by atoms with Crippen LogP contribution in [0.5, 0.6) is 0 Å².